The van der Waals surface area contributed by atoms with Crippen molar-refractivity contribution in [1.29, 1.82) is 0 Å². The Morgan fingerprint density at radius 1 is 0.968 bits per heavy atom. The first-order chi connectivity index (χ1) is 14.9. The summed E-state index contributed by atoms with van der Waals surface area (Å²) in [4.78, 5) is 29.3. The van der Waals surface area contributed by atoms with Gasteiger partial charge in [0.25, 0.3) is 0 Å². The average Bonchev–Trinajstić information content (AvgIpc) is 2.74. The summed E-state index contributed by atoms with van der Waals surface area (Å²) in [7, 11) is 0. The van der Waals surface area contributed by atoms with Gasteiger partial charge in [-0.05, 0) is 53.0 Å². The highest BCUT2D eigenvalue weighted by molar-refractivity contribution is 9.10. The highest BCUT2D eigenvalue weighted by atomic mass is 79.9. The predicted octanol–water partition coefficient (Wildman–Crippen LogP) is 3.59. The number of anilines is 1. The van der Waals surface area contributed by atoms with Crippen LogP contribution in [-0.4, -0.2) is 53.0 Å². The maximum absolute atomic E-state index is 12.6. The van der Waals surface area contributed by atoms with Crippen LogP contribution in [0.1, 0.15) is 11.1 Å². The van der Waals surface area contributed by atoms with Gasteiger partial charge in [0.1, 0.15) is 0 Å². The number of nitrogens with one attached hydrogen (secondary N) is 1. The summed E-state index contributed by atoms with van der Waals surface area (Å²) in [5, 5.41) is 3.80. The number of halogens is 1. The molecule has 1 amide bonds. The lowest BCUT2D eigenvalue weighted by Crippen LogP contribution is -2.48. The van der Waals surface area contributed by atoms with Gasteiger partial charge in [0, 0.05) is 54.0 Å². The molecule has 0 bridgehead atoms. The third kappa shape index (κ3) is 4.89. The largest absolute Gasteiger partial charge is 0.333 e. The maximum atomic E-state index is 12.6. The van der Waals surface area contributed by atoms with Crippen LogP contribution in [0.2, 0.25) is 0 Å². The molecule has 0 unspecified atom stereocenters. The topological polar surface area (TPSA) is 57.6 Å². The number of carbonyl (C=O) groups excluding carboxylic acids is 1. The third-order valence-electron chi connectivity index (χ3n) is 5.88. The minimum atomic E-state index is 0.0289. The van der Waals surface area contributed by atoms with Gasteiger partial charge in [0.15, 0.2) is 5.43 Å². The number of aromatic nitrogens is 1. The van der Waals surface area contributed by atoms with Gasteiger partial charge >= 0.3 is 0 Å². The van der Waals surface area contributed by atoms with Crippen LogP contribution in [0, 0.1) is 13.8 Å². The second-order valence-electron chi connectivity index (χ2n) is 8.14. The van der Waals surface area contributed by atoms with Crippen molar-refractivity contribution in [3.05, 3.63) is 74.5 Å². The summed E-state index contributed by atoms with van der Waals surface area (Å²) in [5.41, 5.74) is 4.04. The number of para-hydroxylation sites is 2. The van der Waals surface area contributed by atoms with E-state index < -0.39 is 0 Å². The van der Waals surface area contributed by atoms with Gasteiger partial charge in [-0.3, -0.25) is 19.4 Å². The molecule has 3 aromatic rings. The van der Waals surface area contributed by atoms with Crippen molar-refractivity contribution in [3.63, 3.8) is 0 Å². The molecule has 0 spiro atoms. The first kappa shape index (κ1) is 21.7. The van der Waals surface area contributed by atoms with E-state index in [1.54, 1.807) is 6.07 Å². The van der Waals surface area contributed by atoms with Crippen LogP contribution in [-0.2, 0) is 11.5 Å². The van der Waals surface area contributed by atoms with Crippen molar-refractivity contribution in [3.8, 4) is 0 Å². The normalized spacial score (nSPS) is 15.3. The fourth-order valence-electron chi connectivity index (χ4n) is 4.14. The molecule has 2 heterocycles. The number of carbonyl (C=O) groups is 1. The van der Waals surface area contributed by atoms with Gasteiger partial charge in [0.2, 0.25) is 5.91 Å². The Morgan fingerprint density at radius 2 is 1.61 bits per heavy atom. The van der Waals surface area contributed by atoms with Crippen molar-refractivity contribution >= 4 is 38.4 Å². The number of piperazine rings is 1. The standard InChI is InChI=1S/C24H27BrN4O2/c1-17-5-3-6-18(2)23(17)26-22(31)15-27-11-13-28(14-12-27)16-29-10-9-21(30)19-7-4-8-20(25)24(19)29/h3-10H,11-16H2,1-2H3,(H,26,31). The van der Waals surface area contributed by atoms with E-state index in [-0.39, 0.29) is 11.3 Å². The van der Waals surface area contributed by atoms with Gasteiger partial charge in [-0.1, -0.05) is 24.3 Å². The summed E-state index contributed by atoms with van der Waals surface area (Å²) < 4.78 is 3.04. The van der Waals surface area contributed by atoms with E-state index in [0.29, 0.717) is 13.2 Å². The quantitative estimate of drug-likeness (QED) is 0.603. The summed E-state index contributed by atoms with van der Waals surface area (Å²) in [6.45, 7) is 8.54. The highest BCUT2D eigenvalue weighted by Gasteiger charge is 2.20. The van der Waals surface area contributed by atoms with Gasteiger partial charge in [-0.15, -0.1) is 0 Å². The van der Waals surface area contributed by atoms with Crippen molar-refractivity contribution < 1.29 is 4.79 Å². The molecular weight excluding hydrogens is 456 g/mol. The average molecular weight is 483 g/mol. The number of amides is 1. The molecular formula is C24H27BrN4O2. The molecule has 0 aliphatic carbocycles. The second kappa shape index (κ2) is 9.34. The fourth-order valence-corrected chi connectivity index (χ4v) is 4.74. The molecule has 1 aliphatic heterocycles. The zero-order valence-corrected chi connectivity index (χ0v) is 19.5. The Bertz CT molecular complexity index is 1150. The lowest BCUT2D eigenvalue weighted by molar-refractivity contribution is -0.117. The maximum Gasteiger partial charge on any atom is 0.238 e. The molecule has 2 aromatic carbocycles. The molecule has 0 radical (unpaired) electrons. The third-order valence-corrected chi connectivity index (χ3v) is 6.52. The van der Waals surface area contributed by atoms with Crippen molar-refractivity contribution in [2.75, 3.05) is 38.0 Å². The van der Waals surface area contributed by atoms with Crippen LogP contribution in [0.25, 0.3) is 10.9 Å². The lowest BCUT2D eigenvalue weighted by Gasteiger charge is -2.35. The molecule has 1 N–H and O–H groups in total. The number of rotatable bonds is 5. The van der Waals surface area contributed by atoms with E-state index in [1.807, 2.05) is 56.4 Å². The minimum absolute atomic E-state index is 0.0289. The van der Waals surface area contributed by atoms with Crippen molar-refractivity contribution in [2.24, 2.45) is 0 Å². The zero-order valence-electron chi connectivity index (χ0n) is 17.9. The Labute approximate surface area is 190 Å². The predicted molar refractivity (Wildman–Crippen MR) is 128 cm³/mol. The van der Waals surface area contributed by atoms with E-state index in [0.717, 1.165) is 58.4 Å². The molecule has 31 heavy (non-hydrogen) atoms. The molecule has 0 atom stereocenters. The van der Waals surface area contributed by atoms with Gasteiger partial charge in [-0.2, -0.15) is 0 Å². The molecule has 1 fully saturated rings. The number of nitrogens with zero attached hydrogens (tertiary/aromatic N) is 3. The fraction of sp³-hybridized carbons (Fsp3) is 0.333. The Hall–Kier alpha value is -2.48. The van der Waals surface area contributed by atoms with Crippen LogP contribution >= 0.6 is 15.9 Å². The van der Waals surface area contributed by atoms with Gasteiger partial charge in [0.05, 0.1) is 18.7 Å². The van der Waals surface area contributed by atoms with E-state index >= 15 is 0 Å². The van der Waals surface area contributed by atoms with E-state index in [9.17, 15) is 9.59 Å². The molecule has 6 nitrogen and oxygen atoms in total. The minimum Gasteiger partial charge on any atom is -0.333 e. The molecule has 4 rings (SSSR count). The molecule has 1 aromatic heterocycles. The lowest BCUT2D eigenvalue weighted by atomic mass is 10.1. The first-order valence-electron chi connectivity index (χ1n) is 10.5. The first-order valence-corrected chi connectivity index (χ1v) is 11.3. The van der Waals surface area contributed by atoms with Crippen molar-refractivity contribution in [2.45, 2.75) is 20.5 Å². The highest BCUT2D eigenvalue weighted by Crippen LogP contribution is 2.22. The number of hydrogen-bond donors (Lipinski definition) is 1. The van der Waals surface area contributed by atoms with E-state index in [1.165, 1.54) is 0 Å². The second-order valence-corrected chi connectivity index (χ2v) is 8.99. The zero-order chi connectivity index (χ0) is 22.0. The molecule has 0 saturated carbocycles. The number of hydrogen-bond acceptors (Lipinski definition) is 4. The monoisotopic (exact) mass is 482 g/mol. The smallest absolute Gasteiger partial charge is 0.238 e. The summed E-state index contributed by atoms with van der Waals surface area (Å²) >= 11 is 3.59. The van der Waals surface area contributed by atoms with Crippen molar-refractivity contribution in [1.82, 2.24) is 14.4 Å². The van der Waals surface area contributed by atoms with E-state index in [2.05, 4.69) is 35.6 Å². The van der Waals surface area contributed by atoms with Crippen LogP contribution < -0.4 is 10.7 Å². The van der Waals surface area contributed by atoms with E-state index in [4.69, 9.17) is 0 Å². The Balaban J connectivity index is 1.36. The molecule has 162 valence electrons. The SMILES string of the molecule is Cc1cccc(C)c1NC(=O)CN1CCN(Cn2ccc(=O)c3cccc(Br)c32)CC1. The Kier molecular flexibility index (Phi) is 6.55. The number of pyridine rings is 1. The number of fused-ring (bicyclic) bond motifs is 1. The number of benzene rings is 2. The van der Waals surface area contributed by atoms with Gasteiger partial charge < -0.3 is 9.88 Å². The molecule has 7 heteroatoms. The summed E-state index contributed by atoms with van der Waals surface area (Å²) in [5.74, 6) is 0.0289. The van der Waals surface area contributed by atoms with Gasteiger partial charge in [-0.25, -0.2) is 0 Å². The molecule has 1 aliphatic rings. The summed E-state index contributed by atoms with van der Waals surface area (Å²) in [6, 6.07) is 13.4. The van der Waals surface area contributed by atoms with Crippen LogP contribution in [0.3, 0.4) is 0 Å². The Morgan fingerprint density at radius 3 is 2.32 bits per heavy atom. The van der Waals surface area contributed by atoms with Crippen LogP contribution in [0.5, 0.6) is 0 Å². The number of aryl methyl sites for hydroxylation is 2. The van der Waals surface area contributed by atoms with Crippen LogP contribution in [0.15, 0.2) is 57.9 Å². The molecule has 1 saturated heterocycles. The van der Waals surface area contributed by atoms with Crippen LogP contribution in [0.4, 0.5) is 5.69 Å². The summed E-state index contributed by atoms with van der Waals surface area (Å²) in [6.07, 6.45) is 1.86.